The minimum absolute atomic E-state index is 0.0847. The van der Waals surface area contributed by atoms with Gasteiger partial charge < -0.3 is 14.6 Å². The van der Waals surface area contributed by atoms with Crippen LogP contribution in [0.25, 0.3) is 10.9 Å². The highest BCUT2D eigenvalue weighted by Gasteiger charge is 2.23. The number of para-hydroxylation sites is 1. The zero-order valence-corrected chi connectivity index (χ0v) is 15.2. The highest BCUT2D eigenvalue weighted by Crippen LogP contribution is 2.18. The zero-order chi connectivity index (χ0) is 19.3. The molecule has 0 radical (unpaired) electrons. The average molecular weight is 373 g/mol. The Morgan fingerprint density at radius 2 is 1.93 bits per heavy atom. The third-order valence-corrected chi connectivity index (χ3v) is 4.54. The fraction of sp³-hybridized carbons (Fsp3) is 0.182. The first kappa shape index (κ1) is 17.7. The Kier molecular flexibility index (Phi) is 4.98. The first-order chi connectivity index (χ1) is 13.7. The molecule has 0 bridgehead atoms. The predicted octanol–water partition coefficient (Wildman–Crippen LogP) is 2.77. The molecule has 2 heterocycles. The minimum Gasteiger partial charge on any atom is -0.447 e. The normalized spacial score (nSPS) is 13.1. The van der Waals surface area contributed by atoms with Gasteiger partial charge in [0.2, 0.25) is 5.91 Å². The molecule has 1 aliphatic rings. The van der Waals surface area contributed by atoms with Crippen LogP contribution in [0.5, 0.6) is 0 Å². The smallest absolute Gasteiger partial charge is 0.414 e. The summed E-state index contributed by atoms with van der Waals surface area (Å²) in [5, 5.41) is 3.93. The van der Waals surface area contributed by atoms with E-state index in [0.29, 0.717) is 13.2 Å². The SMILES string of the molecule is O=C(Cn1ccc2ccccc21)NCC#Cc1ccc(N2CCOC2=O)cc1. The highest BCUT2D eigenvalue weighted by atomic mass is 16.6. The molecule has 0 spiro atoms. The molecule has 0 saturated carbocycles. The van der Waals surface area contributed by atoms with Gasteiger partial charge in [-0.05, 0) is 41.8 Å². The van der Waals surface area contributed by atoms with Gasteiger partial charge in [0.05, 0.1) is 13.1 Å². The first-order valence-electron chi connectivity index (χ1n) is 9.04. The second-order valence-electron chi connectivity index (χ2n) is 6.39. The molecule has 6 nitrogen and oxygen atoms in total. The van der Waals surface area contributed by atoms with E-state index in [1.807, 2.05) is 65.4 Å². The van der Waals surface area contributed by atoms with Crippen molar-refractivity contribution in [1.29, 1.82) is 0 Å². The fourth-order valence-electron chi connectivity index (χ4n) is 3.13. The van der Waals surface area contributed by atoms with Gasteiger partial charge in [-0.15, -0.1) is 0 Å². The Morgan fingerprint density at radius 3 is 2.71 bits per heavy atom. The molecule has 28 heavy (non-hydrogen) atoms. The lowest BCUT2D eigenvalue weighted by Crippen LogP contribution is -2.27. The van der Waals surface area contributed by atoms with Gasteiger partial charge in [-0.3, -0.25) is 9.69 Å². The molecule has 1 aromatic heterocycles. The number of hydrogen-bond acceptors (Lipinski definition) is 3. The third-order valence-electron chi connectivity index (χ3n) is 4.54. The summed E-state index contributed by atoms with van der Waals surface area (Å²) in [4.78, 5) is 25.3. The molecule has 0 unspecified atom stereocenters. The Morgan fingerprint density at radius 1 is 1.11 bits per heavy atom. The van der Waals surface area contributed by atoms with E-state index in [0.717, 1.165) is 22.2 Å². The van der Waals surface area contributed by atoms with Gasteiger partial charge in [-0.2, -0.15) is 0 Å². The maximum atomic E-state index is 12.1. The molecule has 2 aromatic carbocycles. The molecule has 0 atom stereocenters. The van der Waals surface area contributed by atoms with Crippen molar-refractivity contribution >= 4 is 28.6 Å². The highest BCUT2D eigenvalue weighted by molar-refractivity contribution is 5.89. The summed E-state index contributed by atoms with van der Waals surface area (Å²) in [6.07, 6.45) is 1.59. The van der Waals surface area contributed by atoms with E-state index in [-0.39, 0.29) is 25.1 Å². The number of aromatic nitrogens is 1. The summed E-state index contributed by atoms with van der Waals surface area (Å²) in [5.41, 5.74) is 2.65. The van der Waals surface area contributed by atoms with Crippen LogP contribution in [0.3, 0.4) is 0 Å². The predicted molar refractivity (Wildman–Crippen MR) is 107 cm³/mol. The Labute approximate surface area is 162 Å². The van der Waals surface area contributed by atoms with Crippen LogP contribution in [-0.4, -0.2) is 36.3 Å². The molecular formula is C22H19N3O3. The molecule has 1 fully saturated rings. The van der Waals surface area contributed by atoms with Crippen LogP contribution >= 0.6 is 0 Å². The lowest BCUT2D eigenvalue weighted by Gasteiger charge is -2.11. The van der Waals surface area contributed by atoms with Crippen molar-refractivity contribution in [3.05, 3.63) is 66.4 Å². The molecule has 1 aliphatic heterocycles. The van der Waals surface area contributed by atoms with Gasteiger partial charge in [0.1, 0.15) is 13.2 Å². The quantitative estimate of drug-likeness (QED) is 0.716. The molecule has 6 heteroatoms. The number of carbonyl (C=O) groups excluding carboxylic acids is 2. The Hall–Kier alpha value is -3.72. The van der Waals surface area contributed by atoms with Crippen molar-refractivity contribution in [2.24, 2.45) is 0 Å². The van der Waals surface area contributed by atoms with E-state index in [1.165, 1.54) is 0 Å². The number of nitrogens with zero attached hydrogens (tertiary/aromatic N) is 2. The van der Waals surface area contributed by atoms with Crippen molar-refractivity contribution in [2.75, 3.05) is 24.6 Å². The number of fused-ring (bicyclic) bond motifs is 1. The summed E-state index contributed by atoms with van der Waals surface area (Å²) in [5.74, 6) is 5.88. The van der Waals surface area contributed by atoms with Crippen molar-refractivity contribution in [1.82, 2.24) is 9.88 Å². The lowest BCUT2D eigenvalue weighted by molar-refractivity contribution is -0.121. The van der Waals surface area contributed by atoms with Crippen molar-refractivity contribution in [2.45, 2.75) is 6.54 Å². The topological polar surface area (TPSA) is 63.6 Å². The molecule has 3 aromatic rings. The van der Waals surface area contributed by atoms with Gasteiger partial charge in [0.25, 0.3) is 0 Å². The van der Waals surface area contributed by atoms with E-state index in [1.54, 1.807) is 4.90 Å². The van der Waals surface area contributed by atoms with Gasteiger partial charge in [0, 0.05) is 23.0 Å². The summed E-state index contributed by atoms with van der Waals surface area (Å²) >= 11 is 0. The largest absolute Gasteiger partial charge is 0.447 e. The van der Waals surface area contributed by atoms with Crippen LogP contribution < -0.4 is 10.2 Å². The fourth-order valence-corrected chi connectivity index (χ4v) is 3.13. The molecule has 1 N–H and O–H groups in total. The number of carbonyl (C=O) groups is 2. The summed E-state index contributed by atoms with van der Waals surface area (Å²) in [6.45, 7) is 1.51. The number of benzene rings is 2. The van der Waals surface area contributed by atoms with Crippen LogP contribution in [0, 0.1) is 11.8 Å². The van der Waals surface area contributed by atoms with Gasteiger partial charge in [0.15, 0.2) is 0 Å². The van der Waals surface area contributed by atoms with E-state index >= 15 is 0 Å². The van der Waals surface area contributed by atoms with Crippen molar-refractivity contribution in [3.63, 3.8) is 0 Å². The summed E-state index contributed by atoms with van der Waals surface area (Å²) < 4.78 is 6.85. The van der Waals surface area contributed by atoms with Crippen LogP contribution in [0.1, 0.15) is 5.56 Å². The number of cyclic esters (lactones) is 1. The lowest BCUT2D eigenvalue weighted by atomic mass is 10.2. The van der Waals surface area contributed by atoms with Gasteiger partial charge in [-0.1, -0.05) is 30.0 Å². The molecule has 0 aliphatic carbocycles. The van der Waals surface area contributed by atoms with Crippen LogP contribution in [0.2, 0.25) is 0 Å². The Bertz CT molecular complexity index is 1070. The monoisotopic (exact) mass is 373 g/mol. The van der Waals surface area contributed by atoms with Gasteiger partial charge >= 0.3 is 6.09 Å². The molecular weight excluding hydrogens is 354 g/mol. The van der Waals surface area contributed by atoms with E-state index in [4.69, 9.17) is 4.74 Å². The molecule has 2 amide bonds. The number of anilines is 1. The summed E-state index contributed by atoms with van der Waals surface area (Å²) in [7, 11) is 0. The Balaban J connectivity index is 1.30. The van der Waals surface area contributed by atoms with Crippen LogP contribution in [-0.2, 0) is 16.1 Å². The number of amides is 2. The number of rotatable bonds is 4. The van der Waals surface area contributed by atoms with Gasteiger partial charge in [-0.25, -0.2) is 4.79 Å². The number of ether oxygens (including phenoxy) is 1. The molecule has 4 rings (SSSR count). The van der Waals surface area contributed by atoms with Crippen LogP contribution in [0.15, 0.2) is 60.8 Å². The van der Waals surface area contributed by atoms with E-state index < -0.39 is 0 Å². The molecule has 140 valence electrons. The minimum atomic E-state index is -0.322. The second-order valence-corrected chi connectivity index (χ2v) is 6.39. The average Bonchev–Trinajstić information content (AvgIpc) is 3.32. The maximum absolute atomic E-state index is 12.1. The third kappa shape index (κ3) is 3.84. The zero-order valence-electron chi connectivity index (χ0n) is 15.2. The van der Waals surface area contributed by atoms with Crippen molar-refractivity contribution in [3.8, 4) is 11.8 Å². The van der Waals surface area contributed by atoms with E-state index in [9.17, 15) is 9.59 Å². The standard InChI is InChI=1S/C22H19N3O3/c26-21(16-24-13-11-18-5-1-2-6-20(18)24)23-12-3-4-17-7-9-19(10-8-17)25-14-15-28-22(25)27/h1-2,5-11,13H,12,14-16H2,(H,23,26). The second kappa shape index (κ2) is 7.89. The van der Waals surface area contributed by atoms with Crippen LogP contribution in [0.4, 0.5) is 10.5 Å². The van der Waals surface area contributed by atoms with Crippen molar-refractivity contribution < 1.29 is 14.3 Å². The number of nitrogens with one attached hydrogen (secondary N) is 1. The van der Waals surface area contributed by atoms with E-state index in [2.05, 4.69) is 17.2 Å². The maximum Gasteiger partial charge on any atom is 0.414 e. The molecule has 1 saturated heterocycles. The number of hydrogen-bond donors (Lipinski definition) is 1. The summed E-state index contributed by atoms with van der Waals surface area (Å²) in [6, 6.07) is 17.3. The first-order valence-corrected chi connectivity index (χ1v) is 9.04.